The molecular weight excluding hydrogens is 234 g/mol. The van der Waals surface area contributed by atoms with Gasteiger partial charge in [0.05, 0.1) is 11.9 Å². The van der Waals surface area contributed by atoms with Crippen LogP contribution in [0.4, 0.5) is 0 Å². The van der Waals surface area contributed by atoms with E-state index in [2.05, 4.69) is 41.3 Å². The van der Waals surface area contributed by atoms with Gasteiger partial charge in [-0.25, -0.2) is 0 Å². The number of rotatable bonds is 3. The van der Waals surface area contributed by atoms with Crippen molar-refractivity contribution in [2.45, 2.75) is 19.3 Å². The number of pyridine rings is 1. The number of benzene rings is 1. The van der Waals surface area contributed by atoms with Gasteiger partial charge in [0.1, 0.15) is 0 Å². The largest absolute Gasteiger partial charge is 0.323 e. The second-order valence-corrected chi connectivity index (χ2v) is 5.19. The molecule has 3 nitrogen and oxygen atoms in total. The predicted molar refractivity (Wildman–Crippen MR) is 78.0 cm³/mol. The first-order valence-electron chi connectivity index (χ1n) is 6.57. The van der Waals surface area contributed by atoms with Crippen molar-refractivity contribution >= 4 is 6.21 Å². The Morgan fingerprint density at radius 2 is 2.00 bits per heavy atom. The average molecular weight is 251 g/mol. The first kappa shape index (κ1) is 11.9. The normalized spacial score (nSPS) is 21.7. The van der Waals surface area contributed by atoms with E-state index in [-0.39, 0.29) is 0 Å². The summed E-state index contributed by atoms with van der Waals surface area (Å²) in [5.74, 6) is 6.69. The number of nitrogens with zero attached hydrogens (tertiary/aromatic N) is 2. The van der Waals surface area contributed by atoms with Crippen LogP contribution in [0.15, 0.2) is 47.7 Å². The fourth-order valence-electron chi connectivity index (χ4n) is 2.45. The van der Waals surface area contributed by atoms with E-state index in [1.807, 2.05) is 18.3 Å². The molecule has 1 aliphatic carbocycles. The molecule has 2 aromatic rings. The van der Waals surface area contributed by atoms with Crippen LogP contribution in [-0.2, 0) is 0 Å². The molecule has 19 heavy (non-hydrogen) atoms. The summed E-state index contributed by atoms with van der Waals surface area (Å²) in [6.45, 7) is 2.30. The van der Waals surface area contributed by atoms with E-state index in [1.54, 1.807) is 6.21 Å². The molecule has 0 aliphatic heterocycles. The summed E-state index contributed by atoms with van der Waals surface area (Å²) in [6.07, 6.45) is 4.85. The van der Waals surface area contributed by atoms with Crippen LogP contribution in [-0.4, -0.2) is 11.2 Å². The maximum atomic E-state index is 5.14. The van der Waals surface area contributed by atoms with Crippen molar-refractivity contribution in [3.63, 3.8) is 0 Å². The maximum Gasteiger partial charge on any atom is 0.0704 e. The smallest absolute Gasteiger partial charge is 0.0704 e. The maximum absolute atomic E-state index is 5.14. The van der Waals surface area contributed by atoms with Crippen molar-refractivity contribution < 1.29 is 0 Å². The Hall–Kier alpha value is -2.16. The Kier molecular flexibility index (Phi) is 3.03. The standard InChI is InChI=1S/C16H17N3/c1-11-8-15(11)14-6-7-18-16(9-14)13-4-2-12(3-5-13)10-19-17/h2-7,9-11,15H,8,17H2,1H3/b19-10+/t11?,15-/m0/s1. The summed E-state index contributed by atoms with van der Waals surface area (Å²) >= 11 is 0. The van der Waals surface area contributed by atoms with Crippen molar-refractivity contribution in [3.05, 3.63) is 53.7 Å². The molecule has 2 N–H and O–H groups in total. The van der Waals surface area contributed by atoms with Gasteiger partial charge in [-0.05, 0) is 41.5 Å². The summed E-state index contributed by atoms with van der Waals surface area (Å²) in [4.78, 5) is 4.46. The minimum atomic E-state index is 0.727. The van der Waals surface area contributed by atoms with Crippen LogP contribution in [0, 0.1) is 5.92 Å². The summed E-state index contributed by atoms with van der Waals surface area (Å²) < 4.78 is 0. The molecule has 1 unspecified atom stereocenters. The van der Waals surface area contributed by atoms with Crippen molar-refractivity contribution in [1.29, 1.82) is 0 Å². The van der Waals surface area contributed by atoms with E-state index >= 15 is 0 Å². The highest BCUT2D eigenvalue weighted by Gasteiger charge is 2.33. The van der Waals surface area contributed by atoms with Crippen LogP contribution in [0.1, 0.15) is 30.4 Å². The van der Waals surface area contributed by atoms with E-state index in [1.165, 1.54) is 12.0 Å². The summed E-state index contributed by atoms with van der Waals surface area (Å²) in [7, 11) is 0. The van der Waals surface area contributed by atoms with Crippen molar-refractivity contribution in [2.75, 3.05) is 0 Å². The number of hydrazone groups is 1. The van der Waals surface area contributed by atoms with Gasteiger partial charge >= 0.3 is 0 Å². The second-order valence-electron chi connectivity index (χ2n) is 5.19. The molecule has 3 heteroatoms. The lowest BCUT2D eigenvalue weighted by Gasteiger charge is -2.04. The van der Waals surface area contributed by atoms with Crippen LogP contribution >= 0.6 is 0 Å². The average Bonchev–Trinajstić information content (AvgIpc) is 3.17. The SMILES string of the molecule is CC1C[C@@H]1c1ccnc(-c2ccc(/C=N/N)cc2)c1. The fourth-order valence-corrected chi connectivity index (χ4v) is 2.45. The zero-order valence-corrected chi connectivity index (χ0v) is 11.0. The first-order chi connectivity index (χ1) is 9.28. The topological polar surface area (TPSA) is 51.3 Å². The van der Waals surface area contributed by atoms with Crippen LogP contribution in [0.3, 0.4) is 0 Å². The molecule has 0 radical (unpaired) electrons. The quantitative estimate of drug-likeness (QED) is 0.517. The molecule has 1 saturated carbocycles. The van der Waals surface area contributed by atoms with Gasteiger partial charge < -0.3 is 5.84 Å². The lowest BCUT2D eigenvalue weighted by Crippen LogP contribution is -1.89. The predicted octanol–water partition coefficient (Wildman–Crippen LogP) is 3.16. The van der Waals surface area contributed by atoms with Gasteiger partial charge in [-0.15, -0.1) is 0 Å². The number of nitrogens with two attached hydrogens (primary N) is 1. The van der Waals surface area contributed by atoms with Crippen LogP contribution in [0.2, 0.25) is 0 Å². The first-order valence-corrected chi connectivity index (χ1v) is 6.57. The lowest BCUT2D eigenvalue weighted by atomic mass is 10.0. The lowest BCUT2D eigenvalue weighted by molar-refractivity contribution is 0.913. The highest BCUT2D eigenvalue weighted by Crippen LogP contribution is 2.47. The Labute approximate surface area is 113 Å². The number of hydrogen-bond donors (Lipinski definition) is 1. The number of hydrogen-bond acceptors (Lipinski definition) is 3. The van der Waals surface area contributed by atoms with E-state index in [4.69, 9.17) is 5.84 Å². The molecule has 3 rings (SSSR count). The molecule has 1 aromatic heterocycles. The van der Waals surface area contributed by atoms with Gasteiger partial charge in [-0.1, -0.05) is 31.2 Å². The van der Waals surface area contributed by atoms with Gasteiger partial charge in [0.15, 0.2) is 0 Å². The molecule has 96 valence electrons. The highest BCUT2D eigenvalue weighted by atomic mass is 15.1. The van der Waals surface area contributed by atoms with E-state index < -0.39 is 0 Å². The van der Waals surface area contributed by atoms with Gasteiger partial charge in [0.25, 0.3) is 0 Å². The third-order valence-electron chi connectivity index (χ3n) is 3.75. The molecule has 1 fully saturated rings. The van der Waals surface area contributed by atoms with Crippen LogP contribution in [0.25, 0.3) is 11.3 Å². The highest BCUT2D eigenvalue weighted by molar-refractivity contribution is 5.80. The number of aromatic nitrogens is 1. The third-order valence-corrected chi connectivity index (χ3v) is 3.75. The van der Waals surface area contributed by atoms with E-state index in [0.717, 1.165) is 28.7 Å². The molecule has 2 atom stereocenters. The molecule has 1 heterocycles. The monoisotopic (exact) mass is 251 g/mol. The van der Waals surface area contributed by atoms with Crippen LogP contribution < -0.4 is 5.84 Å². The van der Waals surface area contributed by atoms with Crippen LogP contribution in [0.5, 0.6) is 0 Å². The Morgan fingerprint density at radius 1 is 1.26 bits per heavy atom. The molecule has 1 aliphatic rings. The second kappa shape index (κ2) is 4.84. The van der Waals surface area contributed by atoms with Gasteiger partial charge in [0, 0.05) is 11.8 Å². The van der Waals surface area contributed by atoms with Crippen molar-refractivity contribution in [1.82, 2.24) is 4.98 Å². The van der Waals surface area contributed by atoms with Gasteiger partial charge in [0.2, 0.25) is 0 Å². The molecule has 0 amide bonds. The Balaban J connectivity index is 1.89. The summed E-state index contributed by atoms with van der Waals surface area (Å²) in [5.41, 5.74) is 4.57. The summed E-state index contributed by atoms with van der Waals surface area (Å²) in [5, 5.41) is 3.52. The minimum Gasteiger partial charge on any atom is -0.323 e. The van der Waals surface area contributed by atoms with Gasteiger partial charge in [-0.3, -0.25) is 4.98 Å². The molecule has 0 saturated heterocycles. The van der Waals surface area contributed by atoms with Crippen molar-refractivity contribution in [2.24, 2.45) is 16.9 Å². The van der Waals surface area contributed by atoms with Crippen molar-refractivity contribution in [3.8, 4) is 11.3 Å². The summed E-state index contributed by atoms with van der Waals surface area (Å²) in [6, 6.07) is 12.5. The zero-order valence-electron chi connectivity index (χ0n) is 11.0. The minimum absolute atomic E-state index is 0.727. The fraction of sp³-hybridized carbons (Fsp3) is 0.250. The Bertz CT molecular complexity index is 602. The molecule has 1 aromatic carbocycles. The van der Waals surface area contributed by atoms with E-state index in [9.17, 15) is 0 Å². The zero-order chi connectivity index (χ0) is 13.2. The van der Waals surface area contributed by atoms with Gasteiger partial charge in [-0.2, -0.15) is 5.10 Å². The van der Waals surface area contributed by atoms with E-state index in [0.29, 0.717) is 0 Å². The Morgan fingerprint density at radius 3 is 2.63 bits per heavy atom. The third kappa shape index (κ3) is 2.50. The molecule has 0 bridgehead atoms. The molecular formula is C16H17N3. The molecule has 0 spiro atoms.